The van der Waals surface area contributed by atoms with E-state index < -0.39 is 0 Å². The van der Waals surface area contributed by atoms with Gasteiger partial charge in [0, 0.05) is 17.1 Å². The van der Waals surface area contributed by atoms with Crippen LogP contribution in [0, 0.1) is 0 Å². The van der Waals surface area contributed by atoms with Gasteiger partial charge in [0.2, 0.25) is 0 Å². The van der Waals surface area contributed by atoms with Crippen LogP contribution in [0.1, 0.15) is 12.5 Å². The zero-order valence-electron chi connectivity index (χ0n) is 11.5. The molecule has 0 nitrogen and oxygen atoms in total. The molecule has 0 aliphatic rings. The molecule has 22 heavy (non-hydrogen) atoms. The Kier molecular flexibility index (Phi) is 13.9. The van der Waals surface area contributed by atoms with Crippen LogP contribution in [0.2, 0.25) is 0 Å². The first-order chi connectivity index (χ1) is 9.85. The summed E-state index contributed by atoms with van der Waals surface area (Å²) in [6, 6.07) is 12.8. The Morgan fingerprint density at radius 1 is 1.00 bits per heavy atom. The molecular weight excluding hydrogens is 712 g/mol. The Bertz CT molecular complexity index is 518. The zero-order valence-corrected chi connectivity index (χ0v) is 22.1. The van der Waals surface area contributed by atoms with Crippen molar-refractivity contribution in [3.05, 3.63) is 42.0 Å². The zero-order chi connectivity index (χ0) is 16.0. The second-order valence-electron chi connectivity index (χ2n) is 4.29. The second-order valence-corrected chi connectivity index (χ2v) is 13.5. The van der Waals surface area contributed by atoms with E-state index in [0.29, 0.717) is 4.36 Å². The normalized spacial score (nSPS) is 9.41. The van der Waals surface area contributed by atoms with Crippen LogP contribution in [0.3, 0.4) is 0 Å². The van der Waals surface area contributed by atoms with Crippen molar-refractivity contribution in [3.8, 4) is 0 Å². The van der Waals surface area contributed by atoms with E-state index in [0.717, 1.165) is 6.42 Å². The fourth-order valence-electron chi connectivity index (χ4n) is 1.62. The Morgan fingerprint density at radius 2 is 1.50 bits per heavy atom. The first kappa shape index (κ1) is 24.3. The molecule has 0 saturated carbocycles. The van der Waals surface area contributed by atoms with Gasteiger partial charge in [0.1, 0.15) is 8.72 Å². The fraction of sp³-hybridized carbons (Fsp3) is 0.167. The van der Waals surface area contributed by atoms with Crippen LogP contribution in [0.4, 0.5) is 0 Å². The summed E-state index contributed by atoms with van der Waals surface area (Å²) < 4.78 is 0.810. The van der Waals surface area contributed by atoms with Gasteiger partial charge >= 0.3 is 0 Å². The van der Waals surface area contributed by atoms with Gasteiger partial charge in [0.15, 0.2) is 0 Å². The molecule has 0 aromatic heterocycles. The molecule has 0 saturated heterocycles. The van der Waals surface area contributed by atoms with Crippen molar-refractivity contribution in [2.24, 2.45) is 0 Å². The largest absolute Gasteiger partial charge is 0.749 e. The predicted octanol–water partition coefficient (Wildman–Crippen LogP) is 4.83. The summed E-state index contributed by atoms with van der Waals surface area (Å²) in [4.78, 5) is 0. The van der Waals surface area contributed by atoms with Gasteiger partial charge in [-0.15, -0.1) is 0 Å². The summed E-state index contributed by atoms with van der Waals surface area (Å²) in [6.07, 6.45) is 1.12. The van der Waals surface area contributed by atoms with E-state index >= 15 is 0 Å². The van der Waals surface area contributed by atoms with E-state index in [1.54, 1.807) is 0 Å². The van der Waals surface area contributed by atoms with Gasteiger partial charge in [-0.05, 0) is 0 Å². The summed E-state index contributed by atoms with van der Waals surface area (Å²) in [5.74, 6) is 0. The monoisotopic (exact) mass is 718 g/mol. The molecule has 0 aliphatic carbocycles. The molecule has 10 heteroatoms. The molecule has 2 rings (SSSR count). The van der Waals surface area contributed by atoms with Crippen molar-refractivity contribution in [1.29, 1.82) is 0 Å². The van der Waals surface area contributed by atoms with Crippen LogP contribution in [0.25, 0.3) is 0 Å². The van der Waals surface area contributed by atoms with Crippen molar-refractivity contribution in [2.75, 3.05) is 0 Å². The van der Waals surface area contributed by atoms with Crippen molar-refractivity contribution < 1.29 is 17.1 Å². The first-order valence-corrected chi connectivity index (χ1v) is 11.7. The number of aryl methyl sites for hydroxylation is 1. The summed E-state index contributed by atoms with van der Waals surface area (Å²) in [7, 11) is 0. The van der Waals surface area contributed by atoms with Gasteiger partial charge in [0.25, 0.3) is 4.36 Å². The maximum Gasteiger partial charge on any atom is 0.255 e. The second kappa shape index (κ2) is 12.6. The minimum Gasteiger partial charge on any atom is -0.749 e. The third kappa shape index (κ3) is 8.60. The Labute approximate surface area is 194 Å². The van der Waals surface area contributed by atoms with Crippen LogP contribution < -0.4 is 16.4 Å². The molecule has 0 heterocycles. The molecule has 2 aromatic carbocycles. The van der Waals surface area contributed by atoms with E-state index in [-0.39, 0.29) is 25.8 Å². The fourth-order valence-corrected chi connectivity index (χ4v) is 3.33. The molecule has 2 aromatic rings. The number of hydrogen-bond donors (Lipinski definition) is 0. The molecule has 124 valence electrons. The van der Waals surface area contributed by atoms with Gasteiger partial charge in [-0.2, -0.15) is 118 Å². The minimum absolute atomic E-state index is 0. The SMILES string of the molecule is BrB(Br)[c-]1[cH-][cH-][c-](B(Br)Br)[cH-]1.CC[c-]1ccc(B(Br)Br)c1.[Fe]. The Morgan fingerprint density at radius 3 is 1.73 bits per heavy atom. The molecular formula is C12H11B3Br6Fe-6. The van der Waals surface area contributed by atoms with Crippen molar-refractivity contribution in [2.45, 2.75) is 13.3 Å². The molecule has 0 bridgehead atoms. The Balaban J connectivity index is 0.000000385. The van der Waals surface area contributed by atoms with Crippen molar-refractivity contribution >= 4 is 124 Å². The first-order valence-electron chi connectivity index (χ1n) is 6.21. The summed E-state index contributed by atoms with van der Waals surface area (Å²) in [6.45, 7) is 2.16. The van der Waals surface area contributed by atoms with E-state index in [1.807, 2.05) is 0 Å². The number of rotatable bonds is 4. The van der Waals surface area contributed by atoms with Gasteiger partial charge in [0.05, 0.1) is 0 Å². The quantitative estimate of drug-likeness (QED) is 0.314. The number of halogens is 6. The standard InChI is InChI=1S/C7H8BBr2.C5H3B2Br4.Fe/c1-2-6-3-4-7(5-6)8(9)10;8-6(9)4-1-2-5(3-4)7(10)11;/h3-5H,2H2,1H3;1-3H;/q-1;-5;. The maximum absolute atomic E-state index is 3.44. The number of hydrogen-bond acceptors (Lipinski definition) is 0. The van der Waals surface area contributed by atoms with Crippen LogP contribution in [-0.4, -0.2) is 13.1 Å². The van der Waals surface area contributed by atoms with Crippen molar-refractivity contribution in [1.82, 2.24) is 0 Å². The molecule has 0 aliphatic heterocycles. The Hall–Kier alpha value is 2.29. The molecule has 0 N–H and O–H groups in total. The van der Waals surface area contributed by atoms with E-state index in [4.69, 9.17) is 0 Å². The molecule has 0 fully saturated rings. The van der Waals surface area contributed by atoms with E-state index in [1.165, 1.54) is 22.0 Å². The van der Waals surface area contributed by atoms with E-state index in [9.17, 15) is 0 Å². The van der Waals surface area contributed by atoms with Crippen LogP contribution in [-0.2, 0) is 23.5 Å². The summed E-state index contributed by atoms with van der Waals surface area (Å²) >= 11 is 20.6. The third-order valence-electron chi connectivity index (χ3n) is 2.81. The third-order valence-corrected chi connectivity index (χ3v) is 5.98. The van der Waals surface area contributed by atoms with Crippen molar-refractivity contribution in [3.63, 3.8) is 0 Å². The van der Waals surface area contributed by atoms with Crippen LogP contribution in [0.5, 0.6) is 0 Å². The summed E-state index contributed by atoms with van der Waals surface area (Å²) in [5.41, 5.74) is 5.18. The van der Waals surface area contributed by atoms with Gasteiger partial charge in [-0.3, -0.25) is 0 Å². The van der Waals surface area contributed by atoms with Crippen LogP contribution >= 0.6 is 94.5 Å². The molecule has 0 spiro atoms. The van der Waals surface area contributed by atoms with E-state index in [2.05, 4.69) is 138 Å². The molecule has 0 amide bonds. The van der Waals surface area contributed by atoms with Gasteiger partial charge in [-0.25, -0.2) is 6.07 Å². The minimum atomic E-state index is 0. The predicted molar refractivity (Wildman–Crippen MR) is 123 cm³/mol. The molecule has 0 atom stereocenters. The summed E-state index contributed by atoms with van der Waals surface area (Å²) in [5, 5.41) is 0. The average molecular weight is 723 g/mol. The topological polar surface area (TPSA) is 0 Å². The van der Waals surface area contributed by atoms with Crippen LogP contribution in [0.15, 0.2) is 36.4 Å². The average Bonchev–Trinajstić information content (AvgIpc) is 3.08. The maximum atomic E-state index is 3.44. The van der Waals surface area contributed by atoms with Gasteiger partial charge < -0.3 is 29.1 Å². The van der Waals surface area contributed by atoms with Gasteiger partial charge in [-0.1, -0.05) is 13.3 Å². The molecule has 0 unspecified atom stereocenters. The molecule has 0 radical (unpaired) electrons. The smallest absolute Gasteiger partial charge is 0.255 e.